The highest BCUT2D eigenvalue weighted by molar-refractivity contribution is 7.99. The van der Waals surface area contributed by atoms with Crippen molar-refractivity contribution in [3.8, 4) is 0 Å². The van der Waals surface area contributed by atoms with Crippen molar-refractivity contribution in [2.75, 3.05) is 24.6 Å². The zero-order valence-corrected chi connectivity index (χ0v) is 12.3. The summed E-state index contributed by atoms with van der Waals surface area (Å²) in [6, 6.07) is 0. The second-order valence-electron chi connectivity index (χ2n) is 5.46. The van der Waals surface area contributed by atoms with Crippen molar-refractivity contribution >= 4 is 17.7 Å². The van der Waals surface area contributed by atoms with Gasteiger partial charge < -0.3 is 5.11 Å². The number of aliphatic carboxylic acids is 1. The van der Waals surface area contributed by atoms with Gasteiger partial charge in [-0.3, -0.25) is 9.69 Å². The summed E-state index contributed by atoms with van der Waals surface area (Å²) < 4.78 is 0. The van der Waals surface area contributed by atoms with E-state index in [1.165, 1.54) is 0 Å². The van der Waals surface area contributed by atoms with Crippen LogP contribution >= 0.6 is 11.8 Å². The van der Waals surface area contributed by atoms with Gasteiger partial charge in [0.25, 0.3) is 0 Å². The first-order chi connectivity index (χ1) is 7.89. The van der Waals surface area contributed by atoms with Gasteiger partial charge in [0.15, 0.2) is 0 Å². The van der Waals surface area contributed by atoms with Crippen LogP contribution in [-0.2, 0) is 4.79 Å². The Kier molecular flexibility index (Phi) is 4.90. The van der Waals surface area contributed by atoms with Gasteiger partial charge >= 0.3 is 5.97 Å². The molecule has 1 aliphatic rings. The number of carboxylic acid groups (broad SMARTS) is 1. The Morgan fingerprint density at radius 1 is 1.35 bits per heavy atom. The minimum absolute atomic E-state index is 0.0721. The second-order valence-corrected chi connectivity index (χ2v) is 6.57. The highest BCUT2D eigenvalue weighted by Crippen LogP contribution is 2.47. The van der Waals surface area contributed by atoms with Crippen molar-refractivity contribution in [3.05, 3.63) is 0 Å². The van der Waals surface area contributed by atoms with Gasteiger partial charge in [0.2, 0.25) is 0 Å². The van der Waals surface area contributed by atoms with Gasteiger partial charge in [-0.1, -0.05) is 27.7 Å². The summed E-state index contributed by atoms with van der Waals surface area (Å²) in [5.74, 6) is 1.41. The van der Waals surface area contributed by atoms with E-state index in [4.69, 9.17) is 0 Å². The van der Waals surface area contributed by atoms with Gasteiger partial charge in [0.05, 0.1) is 6.42 Å². The Morgan fingerprint density at radius 3 is 2.35 bits per heavy atom. The SMILES string of the molecule is CCN(CC)C1(CC(=O)O)CSCCC1(C)C. The summed E-state index contributed by atoms with van der Waals surface area (Å²) in [6.45, 7) is 10.6. The highest BCUT2D eigenvalue weighted by atomic mass is 32.2. The molecule has 0 aromatic heterocycles. The zero-order chi connectivity index (χ0) is 13.1. The average molecular weight is 259 g/mol. The first-order valence-electron chi connectivity index (χ1n) is 6.44. The van der Waals surface area contributed by atoms with Gasteiger partial charge in [-0.05, 0) is 30.7 Å². The van der Waals surface area contributed by atoms with Crippen LogP contribution < -0.4 is 0 Å². The Labute approximate surface area is 109 Å². The van der Waals surface area contributed by atoms with Crippen LogP contribution in [0.15, 0.2) is 0 Å². The lowest BCUT2D eigenvalue weighted by Crippen LogP contribution is -2.62. The van der Waals surface area contributed by atoms with Crippen molar-refractivity contribution < 1.29 is 9.90 Å². The fraction of sp³-hybridized carbons (Fsp3) is 0.923. The molecule has 0 saturated carbocycles. The minimum atomic E-state index is -0.674. The lowest BCUT2D eigenvalue weighted by atomic mass is 9.68. The van der Waals surface area contributed by atoms with E-state index in [0.29, 0.717) is 0 Å². The number of carbonyl (C=O) groups is 1. The van der Waals surface area contributed by atoms with E-state index in [9.17, 15) is 9.90 Å². The third kappa shape index (κ3) is 2.79. The fourth-order valence-corrected chi connectivity index (χ4v) is 4.81. The van der Waals surface area contributed by atoms with Gasteiger partial charge in [-0.15, -0.1) is 0 Å². The van der Waals surface area contributed by atoms with Gasteiger partial charge in [0.1, 0.15) is 0 Å². The molecule has 1 heterocycles. The first-order valence-corrected chi connectivity index (χ1v) is 7.59. The lowest BCUT2D eigenvalue weighted by molar-refractivity contribution is -0.143. The van der Waals surface area contributed by atoms with Crippen molar-refractivity contribution in [2.45, 2.75) is 46.1 Å². The van der Waals surface area contributed by atoms with Gasteiger partial charge in [-0.25, -0.2) is 0 Å². The summed E-state index contributed by atoms with van der Waals surface area (Å²) >= 11 is 1.90. The third-order valence-corrected chi connectivity index (χ3v) is 5.46. The number of hydrogen-bond acceptors (Lipinski definition) is 3. The molecule has 3 nitrogen and oxygen atoms in total. The quantitative estimate of drug-likeness (QED) is 0.824. The van der Waals surface area contributed by atoms with Crippen molar-refractivity contribution in [3.63, 3.8) is 0 Å². The Morgan fingerprint density at radius 2 is 1.94 bits per heavy atom. The highest BCUT2D eigenvalue weighted by Gasteiger charge is 2.51. The molecule has 0 aromatic carbocycles. The standard InChI is InChI=1S/C13H25NO2S/c1-5-14(6-2)13(9-11(15)16)10-17-8-7-12(13,3)4/h5-10H2,1-4H3,(H,15,16). The van der Waals surface area contributed by atoms with Crippen LogP contribution in [-0.4, -0.2) is 46.1 Å². The molecule has 0 aromatic rings. The Hall–Kier alpha value is -0.220. The molecule has 4 heteroatoms. The molecule has 1 N–H and O–H groups in total. The van der Waals surface area contributed by atoms with Gasteiger partial charge in [0, 0.05) is 11.3 Å². The second kappa shape index (κ2) is 5.61. The van der Waals surface area contributed by atoms with Crippen LogP contribution in [0.1, 0.15) is 40.5 Å². The van der Waals surface area contributed by atoms with Gasteiger partial charge in [-0.2, -0.15) is 11.8 Å². The van der Waals surface area contributed by atoms with E-state index in [0.717, 1.165) is 31.0 Å². The van der Waals surface area contributed by atoms with E-state index in [2.05, 4.69) is 32.6 Å². The predicted molar refractivity (Wildman–Crippen MR) is 73.6 cm³/mol. The molecule has 1 rings (SSSR count). The van der Waals surface area contributed by atoms with Crippen LogP contribution in [0.4, 0.5) is 0 Å². The molecule has 1 fully saturated rings. The molecule has 0 amide bonds. The molecule has 0 aliphatic carbocycles. The van der Waals surface area contributed by atoms with E-state index < -0.39 is 5.97 Å². The maximum atomic E-state index is 11.3. The van der Waals surface area contributed by atoms with Crippen LogP contribution in [0, 0.1) is 5.41 Å². The Bertz CT molecular complexity index is 277. The molecule has 1 aliphatic heterocycles. The topological polar surface area (TPSA) is 40.5 Å². The number of thioether (sulfide) groups is 1. The molecule has 1 unspecified atom stereocenters. The summed E-state index contributed by atoms with van der Waals surface area (Å²) in [4.78, 5) is 13.6. The molecule has 1 saturated heterocycles. The summed E-state index contributed by atoms with van der Waals surface area (Å²) in [7, 11) is 0. The number of nitrogens with zero attached hydrogens (tertiary/aromatic N) is 1. The minimum Gasteiger partial charge on any atom is -0.481 e. The van der Waals surface area contributed by atoms with E-state index in [1.807, 2.05) is 11.8 Å². The largest absolute Gasteiger partial charge is 0.481 e. The van der Waals surface area contributed by atoms with E-state index >= 15 is 0 Å². The maximum absolute atomic E-state index is 11.3. The summed E-state index contributed by atoms with van der Waals surface area (Å²) in [5, 5.41) is 9.27. The van der Waals surface area contributed by atoms with Crippen LogP contribution in [0.2, 0.25) is 0 Å². The smallest absolute Gasteiger partial charge is 0.305 e. The van der Waals surface area contributed by atoms with Crippen molar-refractivity contribution in [1.29, 1.82) is 0 Å². The summed E-state index contributed by atoms with van der Waals surface area (Å²) in [6.07, 6.45) is 1.36. The molecule has 1 atom stereocenters. The summed E-state index contributed by atoms with van der Waals surface area (Å²) in [5.41, 5.74) is -0.117. The number of rotatable bonds is 5. The fourth-order valence-electron chi connectivity index (χ4n) is 3.00. The van der Waals surface area contributed by atoms with Crippen LogP contribution in [0.5, 0.6) is 0 Å². The molecular formula is C13H25NO2S. The molecule has 0 bridgehead atoms. The molecule has 17 heavy (non-hydrogen) atoms. The zero-order valence-electron chi connectivity index (χ0n) is 11.5. The van der Waals surface area contributed by atoms with E-state index in [-0.39, 0.29) is 17.4 Å². The third-order valence-electron chi connectivity index (χ3n) is 4.28. The normalized spacial score (nSPS) is 28.3. The van der Waals surface area contributed by atoms with Crippen molar-refractivity contribution in [2.24, 2.45) is 5.41 Å². The lowest BCUT2D eigenvalue weighted by Gasteiger charge is -2.55. The maximum Gasteiger partial charge on any atom is 0.305 e. The predicted octanol–water partition coefficient (Wildman–Crippen LogP) is 2.70. The molecule has 100 valence electrons. The van der Waals surface area contributed by atoms with E-state index in [1.54, 1.807) is 0 Å². The molecule has 0 spiro atoms. The van der Waals surface area contributed by atoms with Crippen LogP contribution in [0.3, 0.4) is 0 Å². The molecule has 0 radical (unpaired) electrons. The first kappa shape index (κ1) is 14.8. The molecular weight excluding hydrogens is 234 g/mol. The van der Waals surface area contributed by atoms with Crippen molar-refractivity contribution in [1.82, 2.24) is 4.90 Å². The number of carboxylic acids is 1. The monoisotopic (exact) mass is 259 g/mol. The number of hydrogen-bond donors (Lipinski definition) is 1. The van der Waals surface area contributed by atoms with Crippen LogP contribution in [0.25, 0.3) is 0 Å². The Balaban J connectivity index is 3.10. The average Bonchev–Trinajstić information content (AvgIpc) is 2.23.